The number of hydrogen-bond acceptors (Lipinski definition) is 7. The van der Waals surface area contributed by atoms with Crippen molar-refractivity contribution in [3.8, 4) is 5.75 Å². The Hall–Kier alpha value is -3.74. The molecule has 0 saturated heterocycles. The van der Waals surface area contributed by atoms with E-state index in [-0.39, 0.29) is 30.0 Å². The van der Waals surface area contributed by atoms with Gasteiger partial charge in [0.15, 0.2) is 5.76 Å². The molecule has 3 heterocycles. The Labute approximate surface area is 165 Å². The zero-order valence-electron chi connectivity index (χ0n) is 15.8. The van der Waals surface area contributed by atoms with Crippen LogP contribution in [0.25, 0.3) is 11.0 Å². The first-order chi connectivity index (χ1) is 14.0. The van der Waals surface area contributed by atoms with Gasteiger partial charge in [0.25, 0.3) is 0 Å². The number of ether oxygens (including phenoxy) is 2. The second-order valence-electron chi connectivity index (χ2n) is 6.62. The number of esters is 1. The highest BCUT2D eigenvalue weighted by Crippen LogP contribution is 2.28. The normalized spacial score (nSPS) is 11.1. The van der Waals surface area contributed by atoms with E-state index in [0.717, 1.165) is 0 Å². The molecule has 0 atom stereocenters. The van der Waals surface area contributed by atoms with Crippen LogP contribution >= 0.6 is 0 Å². The third-order valence-corrected chi connectivity index (χ3v) is 4.12. The minimum absolute atomic E-state index is 0.111. The lowest BCUT2D eigenvalue weighted by molar-refractivity contribution is 0.0337. The number of hydrogen-bond donors (Lipinski definition) is 0. The Balaban J connectivity index is 1.49. The van der Waals surface area contributed by atoms with Gasteiger partial charge in [0.1, 0.15) is 30.0 Å². The fourth-order valence-corrected chi connectivity index (χ4v) is 2.81. The Kier molecular flexibility index (Phi) is 4.95. The lowest BCUT2D eigenvalue weighted by atomic mass is 10.1. The summed E-state index contributed by atoms with van der Waals surface area (Å²) in [6.07, 6.45) is 2.61. The molecule has 0 aliphatic heterocycles. The lowest BCUT2D eigenvalue weighted by Crippen LogP contribution is -2.10. The molecule has 0 amide bonds. The topological polar surface area (TPSA) is 92.0 Å². The molecule has 0 radical (unpaired) electrons. The number of carbonyl (C=O) groups excluding carboxylic acids is 2. The monoisotopic (exact) mass is 394 g/mol. The number of ketones is 1. The van der Waals surface area contributed by atoms with E-state index < -0.39 is 5.97 Å². The van der Waals surface area contributed by atoms with Gasteiger partial charge in [0, 0.05) is 5.39 Å². The molecular formula is C22H18O7. The largest absolute Gasteiger partial charge is 0.486 e. The van der Waals surface area contributed by atoms with Gasteiger partial charge in [-0.05, 0) is 56.3 Å². The van der Waals surface area contributed by atoms with Gasteiger partial charge in [-0.2, -0.15) is 0 Å². The summed E-state index contributed by atoms with van der Waals surface area (Å²) in [5.74, 6) is 0.553. The Morgan fingerprint density at radius 3 is 2.66 bits per heavy atom. The number of furan rings is 3. The van der Waals surface area contributed by atoms with Crippen LogP contribution in [0.4, 0.5) is 0 Å². The fourth-order valence-electron chi connectivity index (χ4n) is 2.81. The van der Waals surface area contributed by atoms with E-state index in [1.54, 1.807) is 56.3 Å². The summed E-state index contributed by atoms with van der Waals surface area (Å²) in [7, 11) is 0. The standard InChI is InChI=1S/C22H18O7/c1-13(2)28-22(24)20-8-6-15(29-20)11-26-14-5-7-18-16(10-14)17(12-27-18)21(23)19-4-3-9-25-19/h3-10,12-13H,11H2,1-2H3. The van der Waals surface area contributed by atoms with Crippen LogP contribution in [-0.4, -0.2) is 17.9 Å². The van der Waals surface area contributed by atoms with E-state index >= 15 is 0 Å². The second kappa shape index (κ2) is 7.71. The third-order valence-electron chi connectivity index (χ3n) is 4.12. The number of rotatable bonds is 7. The highest BCUT2D eigenvalue weighted by Gasteiger charge is 2.19. The van der Waals surface area contributed by atoms with E-state index in [9.17, 15) is 9.59 Å². The Bertz CT molecular complexity index is 1150. The molecule has 148 valence electrons. The predicted molar refractivity (Wildman–Crippen MR) is 102 cm³/mol. The molecule has 0 spiro atoms. The van der Waals surface area contributed by atoms with Crippen LogP contribution < -0.4 is 4.74 Å². The van der Waals surface area contributed by atoms with Crippen LogP contribution in [0.2, 0.25) is 0 Å². The smallest absolute Gasteiger partial charge is 0.374 e. The van der Waals surface area contributed by atoms with Gasteiger partial charge in [-0.15, -0.1) is 0 Å². The van der Waals surface area contributed by atoms with Gasteiger partial charge >= 0.3 is 5.97 Å². The minimum atomic E-state index is -0.521. The van der Waals surface area contributed by atoms with E-state index in [1.807, 2.05) is 0 Å². The molecule has 4 rings (SSSR count). The molecule has 1 aromatic carbocycles. The molecule has 29 heavy (non-hydrogen) atoms. The van der Waals surface area contributed by atoms with Crippen LogP contribution in [0.5, 0.6) is 5.75 Å². The van der Waals surface area contributed by atoms with Crippen molar-refractivity contribution in [2.24, 2.45) is 0 Å². The minimum Gasteiger partial charge on any atom is -0.486 e. The molecule has 0 bridgehead atoms. The van der Waals surface area contributed by atoms with Gasteiger partial charge < -0.3 is 22.7 Å². The molecule has 0 aliphatic rings. The first-order valence-corrected chi connectivity index (χ1v) is 9.03. The molecule has 0 unspecified atom stereocenters. The van der Waals surface area contributed by atoms with Crippen molar-refractivity contribution < 1.29 is 32.3 Å². The molecule has 7 heteroatoms. The summed E-state index contributed by atoms with van der Waals surface area (Å²) < 4.78 is 26.9. The van der Waals surface area contributed by atoms with Crippen LogP contribution in [-0.2, 0) is 11.3 Å². The van der Waals surface area contributed by atoms with Crippen molar-refractivity contribution in [2.75, 3.05) is 0 Å². The summed E-state index contributed by atoms with van der Waals surface area (Å²) in [4.78, 5) is 24.4. The van der Waals surface area contributed by atoms with Crippen molar-refractivity contribution in [1.82, 2.24) is 0 Å². The zero-order chi connectivity index (χ0) is 20.4. The van der Waals surface area contributed by atoms with Crippen LogP contribution in [0.3, 0.4) is 0 Å². The predicted octanol–water partition coefficient (Wildman–Crippen LogP) is 4.99. The van der Waals surface area contributed by atoms with Crippen molar-refractivity contribution >= 4 is 22.7 Å². The number of fused-ring (bicyclic) bond motifs is 1. The molecular weight excluding hydrogens is 376 g/mol. The highest BCUT2D eigenvalue weighted by molar-refractivity contribution is 6.14. The first-order valence-electron chi connectivity index (χ1n) is 9.03. The van der Waals surface area contributed by atoms with Gasteiger partial charge in [-0.1, -0.05) is 0 Å². The Morgan fingerprint density at radius 2 is 1.90 bits per heavy atom. The molecule has 0 N–H and O–H groups in total. The lowest BCUT2D eigenvalue weighted by Gasteiger charge is -2.06. The maximum absolute atomic E-state index is 12.6. The van der Waals surface area contributed by atoms with Crippen molar-refractivity contribution in [1.29, 1.82) is 0 Å². The second-order valence-corrected chi connectivity index (χ2v) is 6.62. The van der Waals surface area contributed by atoms with Gasteiger partial charge in [0.2, 0.25) is 11.5 Å². The summed E-state index contributed by atoms with van der Waals surface area (Å²) in [6, 6.07) is 11.6. The Morgan fingerprint density at radius 1 is 1.03 bits per heavy atom. The average molecular weight is 394 g/mol. The van der Waals surface area contributed by atoms with Crippen molar-refractivity contribution in [3.63, 3.8) is 0 Å². The maximum Gasteiger partial charge on any atom is 0.374 e. The molecule has 0 aliphatic carbocycles. The molecule has 3 aromatic heterocycles. The zero-order valence-corrected chi connectivity index (χ0v) is 15.8. The maximum atomic E-state index is 12.6. The van der Waals surface area contributed by atoms with E-state index in [4.69, 9.17) is 22.7 Å². The van der Waals surface area contributed by atoms with Crippen molar-refractivity contribution in [3.05, 3.63) is 77.8 Å². The van der Waals surface area contributed by atoms with Crippen LogP contribution in [0.1, 0.15) is 46.3 Å². The summed E-state index contributed by atoms with van der Waals surface area (Å²) in [5.41, 5.74) is 0.945. The third kappa shape index (κ3) is 3.94. The van der Waals surface area contributed by atoms with Crippen molar-refractivity contribution in [2.45, 2.75) is 26.6 Å². The number of benzene rings is 1. The van der Waals surface area contributed by atoms with Crippen LogP contribution in [0.15, 0.2) is 68.2 Å². The SMILES string of the molecule is CC(C)OC(=O)c1ccc(COc2ccc3occ(C(=O)c4ccco4)c3c2)o1. The first kappa shape index (κ1) is 18.6. The van der Waals surface area contributed by atoms with Crippen LogP contribution in [0, 0.1) is 0 Å². The average Bonchev–Trinajstić information content (AvgIpc) is 3.45. The van der Waals surface area contributed by atoms with E-state index in [1.165, 1.54) is 12.5 Å². The van der Waals surface area contributed by atoms with Gasteiger partial charge in [-0.3, -0.25) is 4.79 Å². The fraction of sp³-hybridized carbons (Fsp3) is 0.182. The highest BCUT2D eigenvalue weighted by atomic mass is 16.6. The summed E-state index contributed by atoms with van der Waals surface area (Å²) in [6.45, 7) is 3.64. The molecule has 0 fully saturated rings. The summed E-state index contributed by atoms with van der Waals surface area (Å²) >= 11 is 0. The summed E-state index contributed by atoms with van der Waals surface area (Å²) in [5, 5.41) is 0.615. The van der Waals surface area contributed by atoms with E-state index in [2.05, 4.69) is 0 Å². The van der Waals surface area contributed by atoms with Gasteiger partial charge in [0.05, 0.1) is 17.9 Å². The molecule has 7 nitrogen and oxygen atoms in total. The molecule has 4 aromatic rings. The quantitative estimate of drug-likeness (QED) is 0.322. The van der Waals surface area contributed by atoms with E-state index in [0.29, 0.717) is 28.0 Å². The molecule has 0 saturated carbocycles. The van der Waals surface area contributed by atoms with Gasteiger partial charge in [-0.25, -0.2) is 4.79 Å². The number of carbonyl (C=O) groups is 2.